The molecule has 12 aromatic carbocycles. The van der Waals surface area contributed by atoms with Crippen LogP contribution in [0.15, 0.2) is 194 Å². The highest BCUT2D eigenvalue weighted by atomic mass is 16.5. The van der Waals surface area contributed by atoms with Crippen LogP contribution in [0.5, 0.6) is 0 Å². The Hall–Kier alpha value is -11.0. The number of fused-ring (bicyclic) bond motifs is 8. The second kappa shape index (κ2) is 37.6. The van der Waals surface area contributed by atoms with Crippen LogP contribution in [0.4, 0.5) is 0 Å². The number of hydrogen-bond acceptors (Lipinski definition) is 12. The quantitative estimate of drug-likeness (QED) is 0.0328. The van der Waals surface area contributed by atoms with Gasteiger partial charge in [0.25, 0.3) is 0 Å². The summed E-state index contributed by atoms with van der Waals surface area (Å²) in [7, 11) is 7.18. The number of ether oxygens (including phenoxy) is 5. The average Bonchev–Trinajstić information content (AvgIpc) is 0.779. The molecule has 1 fully saturated rings. The third-order valence-corrected chi connectivity index (χ3v) is 25.7. The molecular formula is C107H126O14. The topological polar surface area (TPSA) is 206 Å². The van der Waals surface area contributed by atoms with E-state index in [1.807, 2.05) is 0 Å². The molecule has 2 N–H and O–H groups in total. The number of carbonyl (C=O) groups excluding carboxylic acids is 5. The smallest absolute Gasteiger partial charge is 0.308 e. The number of aliphatic carboxylic acids is 2. The fourth-order valence-electron chi connectivity index (χ4n) is 17.1. The van der Waals surface area contributed by atoms with Crippen molar-refractivity contribution in [3.8, 4) is 0 Å². The van der Waals surface area contributed by atoms with E-state index in [0.717, 1.165) is 104 Å². The van der Waals surface area contributed by atoms with Gasteiger partial charge in [-0.15, -0.1) is 0 Å². The van der Waals surface area contributed by atoms with Gasteiger partial charge in [-0.3, -0.25) is 33.6 Å². The van der Waals surface area contributed by atoms with Crippen molar-refractivity contribution < 1.29 is 67.5 Å². The number of carboxylic acid groups (broad SMARTS) is 2. The molecule has 1 aliphatic rings. The van der Waals surface area contributed by atoms with E-state index >= 15 is 0 Å². The van der Waals surface area contributed by atoms with E-state index in [9.17, 15) is 33.6 Å². The van der Waals surface area contributed by atoms with Crippen molar-refractivity contribution in [2.24, 2.45) is 5.92 Å². The van der Waals surface area contributed by atoms with Gasteiger partial charge in [0.1, 0.15) is 0 Å². The molecule has 0 amide bonds. The van der Waals surface area contributed by atoms with Crippen LogP contribution >= 0.6 is 0 Å². The van der Waals surface area contributed by atoms with Crippen molar-refractivity contribution >= 4 is 128 Å². The second-order valence-corrected chi connectivity index (χ2v) is 38.8. The van der Waals surface area contributed by atoms with Gasteiger partial charge >= 0.3 is 41.8 Å². The van der Waals surface area contributed by atoms with Crippen LogP contribution < -0.4 is 0 Å². The molecule has 0 aliphatic heterocycles. The summed E-state index contributed by atoms with van der Waals surface area (Å²) in [5, 5.41) is 36.9. The lowest BCUT2D eigenvalue weighted by Gasteiger charge is -2.37. The predicted molar refractivity (Wildman–Crippen MR) is 494 cm³/mol. The van der Waals surface area contributed by atoms with Gasteiger partial charge < -0.3 is 33.9 Å². The number of carboxylic acids is 2. The summed E-state index contributed by atoms with van der Waals surface area (Å²) >= 11 is 0. The highest BCUT2D eigenvalue weighted by Crippen LogP contribution is 2.45. The van der Waals surface area contributed by atoms with Crippen LogP contribution in [0.3, 0.4) is 0 Å². The highest BCUT2D eigenvalue weighted by Gasteiger charge is 2.37. The number of benzene rings is 12. The van der Waals surface area contributed by atoms with Gasteiger partial charge in [0.05, 0.1) is 67.2 Å². The van der Waals surface area contributed by atoms with E-state index in [1.165, 1.54) is 101 Å². The minimum Gasteiger partial charge on any atom is -0.481 e. The van der Waals surface area contributed by atoms with Crippen molar-refractivity contribution in [3.05, 3.63) is 239 Å². The average molecular weight is 1640 g/mol. The predicted octanol–water partition coefficient (Wildman–Crippen LogP) is 25.3. The largest absolute Gasteiger partial charge is 0.481 e. The summed E-state index contributed by atoms with van der Waals surface area (Å²) in [6, 6.07) is 70.1. The number of esters is 5. The Morgan fingerprint density at radius 3 is 0.769 bits per heavy atom. The Bertz CT molecular complexity index is 5590. The molecule has 1 aliphatic carbocycles. The lowest BCUT2D eigenvalue weighted by molar-refractivity contribution is -0.147. The maximum atomic E-state index is 11.9. The summed E-state index contributed by atoms with van der Waals surface area (Å²) in [5.41, 5.74) is 8.49. The van der Waals surface area contributed by atoms with Crippen LogP contribution in [0.25, 0.3) is 86.2 Å². The second-order valence-electron chi connectivity index (χ2n) is 38.8. The molecule has 13 rings (SSSR count). The van der Waals surface area contributed by atoms with Crippen molar-refractivity contribution in [2.75, 3.05) is 35.5 Å². The lowest BCUT2D eigenvalue weighted by Crippen LogP contribution is -2.32. The van der Waals surface area contributed by atoms with Crippen LogP contribution in [-0.4, -0.2) is 87.5 Å². The summed E-state index contributed by atoms with van der Waals surface area (Å²) in [4.78, 5) is 80.8. The first-order chi connectivity index (χ1) is 56.8. The standard InChI is InChI=1S/C28H34O4.C27H32O2.2C26H30O4/c1-27(2,13-5-7-25(29)30)23-11-9-19-16-22-18-24(12-10-20(22)15-21(19)17-23)28(3,4)14-6-8-26(31)32;1-26(2,3)23-8-6-19-14-20-7-9-24(17-22(20)15-21(19)16-23)27(4)12-10-18(11-13-27)25(28)29-5;1-25(2,15-23(27)29-5)21-9-7-17-12-20-14-22(26(3,4)16-24(28)30-6)10-8-18(20)11-19(17)13-21;1-25(2,15-23(27)29-5)21-9-7-17-11-18-8-10-22(14-20(18)12-19(17)13-21)26(3,4)16-24(28)30-6/h9-12,15-18H,5-8,13-14H2,1-4H3,(H,29,30)(H,31,32);6-9,14-18H,10-13H2,1-5H3;2*7-14H,15-16H2,1-6H3. The summed E-state index contributed by atoms with van der Waals surface area (Å²) in [5.74, 6) is -2.31. The van der Waals surface area contributed by atoms with Crippen molar-refractivity contribution in [3.63, 3.8) is 0 Å². The maximum absolute atomic E-state index is 11.9. The first-order valence-corrected chi connectivity index (χ1v) is 42.5. The van der Waals surface area contributed by atoms with Gasteiger partial charge in [-0.1, -0.05) is 256 Å². The SMILES string of the molecule is CC(C)(CCCC(=O)O)c1ccc2cc3cc(C(C)(C)CCCC(=O)O)ccc3cc2c1.COC(=O)C1CCC(C)(c2ccc3cc4ccc(C(C)(C)C)cc4cc3c2)CC1.COC(=O)CC(C)(C)c1ccc2cc3cc(C(C)(C)CC(=O)OC)ccc3cc2c1.COC(=O)CC(C)(C)c1ccc2cc3ccc(C(C)(C)CC(=O)OC)cc3cc2c1. The third kappa shape index (κ3) is 23.0. The summed E-state index contributed by atoms with van der Waals surface area (Å²) in [6.45, 7) is 34.3. The monoisotopic (exact) mass is 1630 g/mol. The third-order valence-electron chi connectivity index (χ3n) is 25.7. The Kier molecular flexibility index (Phi) is 28.6. The molecule has 0 unspecified atom stereocenters. The van der Waals surface area contributed by atoms with Crippen LogP contribution in [0.2, 0.25) is 0 Å². The van der Waals surface area contributed by atoms with Gasteiger partial charge in [-0.05, 0) is 252 Å². The molecule has 0 saturated heterocycles. The Labute approximate surface area is 715 Å². The minimum absolute atomic E-state index is 0.0494. The van der Waals surface area contributed by atoms with Crippen molar-refractivity contribution in [2.45, 2.75) is 244 Å². The van der Waals surface area contributed by atoms with Gasteiger partial charge in [-0.25, -0.2) is 0 Å². The van der Waals surface area contributed by atoms with E-state index in [1.54, 1.807) is 0 Å². The Balaban J connectivity index is 0.000000169. The molecule has 0 spiro atoms. The van der Waals surface area contributed by atoms with E-state index < -0.39 is 11.9 Å². The van der Waals surface area contributed by atoms with E-state index in [2.05, 4.69) is 305 Å². The van der Waals surface area contributed by atoms with Crippen molar-refractivity contribution in [1.29, 1.82) is 0 Å². The molecular weight excluding hydrogens is 1510 g/mol. The molecule has 0 bridgehead atoms. The Morgan fingerprint density at radius 1 is 0.298 bits per heavy atom. The molecule has 0 heterocycles. The molecule has 0 atom stereocenters. The molecule has 14 heteroatoms. The van der Waals surface area contributed by atoms with Gasteiger partial charge in [-0.2, -0.15) is 0 Å². The fraction of sp³-hybridized carbons (Fsp3) is 0.411. The van der Waals surface area contributed by atoms with E-state index in [-0.39, 0.29) is 91.9 Å². The number of hydrogen-bond donors (Lipinski definition) is 2. The zero-order valence-electron chi connectivity index (χ0n) is 75.2. The van der Waals surface area contributed by atoms with E-state index in [0.29, 0.717) is 38.5 Å². The van der Waals surface area contributed by atoms with Crippen molar-refractivity contribution in [1.82, 2.24) is 0 Å². The number of carbonyl (C=O) groups is 7. The minimum atomic E-state index is -0.741. The summed E-state index contributed by atoms with van der Waals surface area (Å²) in [6.07, 6.45) is 8.62. The molecule has 0 aromatic heterocycles. The fourth-order valence-corrected chi connectivity index (χ4v) is 17.1. The zero-order chi connectivity index (χ0) is 88.5. The Morgan fingerprint density at radius 2 is 0.521 bits per heavy atom. The molecule has 0 radical (unpaired) electrons. The molecule has 121 heavy (non-hydrogen) atoms. The number of methoxy groups -OCH3 is 5. The van der Waals surface area contributed by atoms with Crippen LogP contribution in [-0.2, 0) is 101 Å². The lowest BCUT2D eigenvalue weighted by atomic mass is 9.68. The van der Waals surface area contributed by atoms with Crippen LogP contribution in [0.1, 0.15) is 245 Å². The summed E-state index contributed by atoms with van der Waals surface area (Å²) < 4.78 is 24.4. The first kappa shape index (κ1) is 92.3. The van der Waals surface area contributed by atoms with Crippen LogP contribution in [0, 0.1) is 5.92 Å². The molecule has 12 aromatic rings. The molecule has 14 nitrogen and oxygen atoms in total. The van der Waals surface area contributed by atoms with E-state index in [4.69, 9.17) is 33.9 Å². The van der Waals surface area contributed by atoms with Gasteiger partial charge in [0.15, 0.2) is 0 Å². The normalized spacial score (nSPS) is 14.8. The number of rotatable bonds is 24. The van der Waals surface area contributed by atoms with Gasteiger partial charge in [0, 0.05) is 34.5 Å². The molecule has 1 saturated carbocycles. The highest BCUT2D eigenvalue weighted by molar-refractivity contribution is 6.03. The van der Waals surface area contributed by atoms with Gasteiger partial charge in [0.2, 0.25) is 0 Å². The first-order valence-electron chi connectivity index (χ1n) is 42.5. The molecule has 638 valence electrons. The maximum Gasteiger partial charge on any atom is 0.308 e. The zero-order valence-corrected chi connectivity index (χ0v) is 75.2.